The summed E-state index contributed by atoms with van der Waals surface area (Å²) in [6, 6.07) is 12.3. The maximum Gasteiger partial charge on any atom is 0.284 e. The molecule has 0 atom stereocenters. The zero-order chi connectivity index (χ0) is 23.4. The molecule has 1 aliphatic rings. The van der Waals surface area contributed by atoms with Crippen LogP contribution >= 0.6 is 0 Å². The predicted octanol–water partition coefficient (Wildman–Crippen LogP) is 1.98. The summed E-state index contributed by atoms with van der Waals surface area (Å²) in [7, 11) is -4.22. The lowest BCUT2D eigenvalue weighted by Crippen LogP contribution is -2.20. The lowest BCUT2D eigenvalue weighted by molar-refractivity contribution is -0.116. The minimum Gasteiger partial charge on any atom is -0.362 e. The second-order valence-corrected chi connectivity index (χ2v) is 10.9. The number of aryl methyl sites for hydroxylation is 1. The second-order valence-electron chi connectivity index (χ2n) is 7.44. The van der Waals surface area contributed by atoms with E-state index in [2.05, 4.69) is 14.4 Å². The Morgan fingerprint density at radius 3 is 2.41 bits per heavy atom. The fourth-order valence-electron chi connectivity index (χ4n) is 3.27. The maximum absolute atomic E-state index is 12.6. The number of hydrogen-bond donors (Lipinski definition) is 2. The largest absolute Gasteiger partial charge is 0.362 e. The molecular formula is C21H26N4O5S2. The molecule has 9 nitrogen and oxygen atoms in total. The molecule has 0 aromatic heterocycles. The third-order valence-corrected chi connectivity index (χ3v) is 7.85. The quantitative estimate of drug-likeness (QED) is 0.598. The van der Waals surface area contributed by atoms with Crippen LogP contribution in [0.1, 0.15) is 24.8 Å². The van der Waals surface area contributed by atoms with Gasteiger partial charge in [-0.25, -0.2) is 13.1 Å². The van der Waals surface area contributed by atoms with Gasteiger partial charge in [-0.1, -0.05) is 18.2 Å². The Morgan fingerprint density at radius 2 is 1.78 bits per heavy atom. The van der Waals surface area contributed by atoms with Crippen molar-refractivity contribution in [2.24, 2.45) is 4.40 Å². The monoisotopic (exact) mass is 478 g/mol. The molecule has 3 rings (SSSR count). The molecule has 32 heavy (non-hydrogen) atoms. The molecule has 2 N–H and O–H groups in total. The van der Waals surface area contributed by atoms with Gasteiger partial charge in [0, 0.05) is 32.1 Å². The van der Waals surface area contributed by atoms with E-state index in [9.17, 15) is 21.6 Å². The van der Waals surface area contributed by atoms with Crippen molar-refractivity contribution in [3.63, 3.8) is 0 Å². The van der Waals surface area contributed by atoms with Crippen molar-refractivity contribution in [3.8, 4) is 0 Å². The van der Waals surface area contributed by atoms with Gasteiger partial charge in [0.05, 0.1) is 9.79 Å². The number of amidine groups is 1. The number of anilines is 1. The summed E-state index contributed by atoms with van der Waals surface area (Å²) in [5, 5.41) is 2.70. The highest BCUT2D eigenvalue weighted by Crippen LogP contribution is 2.20. The highest BCUT2D eigenvalue weighted by atomic mass is 32.2. The van der Waals surface area contributed by atoms with Gasteiger partial charge >= 0.3 is 0 Å². The summed E-state index contributed by atoms with van der Waals surface area (Å²) < 4.78 is 55.0. The van der Waals surface area contributed by atoms with Gasteiger partial charge in [-0.05, 0) is 55.8 Å². The Balaban J connectivity index is 1.62. The van der Waals surface area contributed by atoms with Crippen molar-refractivity contribution >= 4 is 37.5 Å². The first-order chi connectivity index (χ1) is 15.1. The van der Waals surface area contributed by atoms with Crippen molar-refractivity contribution in [1.29, 1.82) is 0 Å². The molecule has 0 aliphatic carbocycles. The summed E-state index contributed by atoms with van der Waals surface area (Å²) in [6.45, 7) is 0.776. The predicted molar refractivity (Wildman–Crippen MR) is 123 cm³/mol. The van der Waals surface area contributed by atoms with Crippen LogP contribution in [-0.2, 0) is 31.3 Å². The van der Waals surface area contributed by atoms with Crippen molar-refractivity contribution < 1.29 is 21.6 Å². The van der Waals surface area contributed by atoms with Gasteiger partial charge in [-0.2, -0.15) is 8.42 Å². The SMILES string of the molecule is CNS(=O)(=O)c1ccc(CCC(=O)Nc2cccc(S(=O)(=O)/N=C3/CCCN3C)c2)cc1. The molecule has 0 unspecified atom stereocenters. The second kappa shape index (κ2) is 9.80. The number of likely N-dealkylation sites (tertiary alicyclic amines) is 1. The average Bonchev–Trinajstić information content (AvgIpc) is 3.16. The number of nitrogens with one attached hydrogen (secondary N) is 2. The zero-order valence-corrected chi connectivity index (χ0v) is 19.5. The van der Waals surface area contributed by atoms with Gasteiger partial charge in [-0.15, -0.1) is 4.40 Å². The first-order valence-corrected chi connectivity index (χ1v) is 13.0. The fraction of sp³-hybridized carbons (Fsp3) is 0.333. The van der Waals surface area contributed by atoms with E-state index in [4.69, 9.17) is 0 Å². The number of rotatable bonds is 8. The molecule has 2 aromatic carbocycles. The lowest BCUT2D eigenvalue weighted by Gasteiger charge is -2.11. The van der Waals surface area contributed by atoms with Crippen LogP contribution in [0.15, 0.2) is 62.7 Å². The van der Waals surface area contributed by atoms with Crippen molar-refractivity contribution in [2.75, 3.05) is 26.0 Å². The van der Waals surface area contributed by atoms with Crippen LogP contribution in [0.4, 0.5) is 5.69 Å². The van der Waals surface area contributed by atoms with E-state index in [1.54, 1.807) is 24.3 Å². The molecular weight excluding hydrogens is 452 g/mol. The first-order valence-electron chi connectivity index (χ1n) is 10.1. The van der Waals surface area contributed by atoms with Crippen LogP contribution < -0.4 is 10.0 Å². The molecule has 0 spiro atoms. The number of carbonyl (C=O) groups is 1. The van der Waals surface area contributed by atoms with E-state index in [1.165, 1.54) is 31.3 Å². The molecule has 0 saturated carbocycles. The van der Waals surface area contributed by atoms with Gasteiger partial charge in [0.1, 0.15) is 5.84 Å². The number of sulfonamides is 2. The number of hydrogen-bond acceptors (Lipinski definition) is 5. The van der Waals surface area contributed by atoms with E-state index >= 15 is 0 Å². The molecule has 0 radical (unpaired) electrons. The van der Waals surface area contributed by atoms with Crippen LogP contribution in [0.2, 0.25) is 0 Å². The van der Waals surface area contributed by atoms with E-state index in [-0.39, 0.29) is 22.1 Å². The standard InChI is InChI=1S/C21H26N4O5S2/c1-22-31(27,28)18-11-8-16(9-12-18)10-13-21(26)23-17-5-3-6-19(15-17)32(29,30)24-20-7-4-14-25(20)2/h3,5-6,8-9,11-12,15,22H,4,7,10,13-14H2,1-2H3,(H,23,26)/b24-20-. The zero-order valence-electron chi connectivity index (χ0n) is 17.9. The average molecular weight is 479 g/mol. The summed E-state index contributed by atoms with van der Waals surface area (Å²) in [4.78, 5) is 14.3. The van der Waals surface area contributed by atoms with Crippen LogP contribution in [0, 0.1) is 0 Å². The molecule has 2 aromatic rings. The van der Waals surface area contributed by atoms with Gasteiger partial charge < -0.3 is 10.2 Å². The van der Waals surface area contributed by atoms with E-state index in [0.29, 0.717) is 24.4 Å². The summed E-state index contributed by atoms with van der Waals surface area (Å²) in [6.07, 6.45) is 2.05. The van der Waals surface area contributed by atoms with E-state index in [1.807, 2.05) is 11.9 Å². The lowest BCUT2D eigenvalue weighted by atomic mass is 10.1. The van der Waals surface area contributed by atoms with Crippen molar-refractivity contribution in [2.45, 2.75) is 35.5 Å². The van der Waals surface area contributed by atoms with E-state index < -0.39 is 20.0 Å². The highest BCUT2D eigenvalue weighted by Gasteiger charge is 2.20. The number of carbonyl (C=O) groups excluding carboxylic acids is 1. The molecule has 11 heteroatoms. The van der Waals surface area contributed by atoms with Crippen LogP contribution in [0.5, 0.6) is 0 Å². The highest BCUT2D eigenvalue weighted by molar-refractivity contribution is 7.90. The summed E-state index contributed by atoms with van der Waals surface area (Å²) >= 11 is 0. The van der Waals surface area contributed by atoms with Crippen molar-refractivity contribution in [3.05, 3.63) is 54.1 Å². The molecule has 1 heterocycles. The van der Waals surface area contributed by atoms with Crippen LogP contribution in [0.25, 0.3) is 0 Å². The van der Waals surface area contributed by atoms with Crippen LogP contribution in [0.3, 0.4) is 0 Å². The minimum atomic E-state index is -3.87. The topological polar surface area (TPSA) is 125 Å². The van der Waals surface area contributed by atoms with E-state index in [0.717, 1.165) is 18.5 Å². The number of amides is 1. The van der Waals surface area contributed by atoms with Gasteiger partial charge in [0.2, 0.25) is 15.9 Å². The molecule has 1 amide bonds. The summed E-state index contributed by atoms with van der Waals surface area (Å²) in [5.41, 5.74) is 1.18. The third-order valence-electron chi connectivity index (χ3n) is 5.12. The summed E-state index contributed by atoms with van der Waals surface area (Å²) in [5.74, 6) is 0.251. The van der Waals surface area contributed by atoms with Crippen LogP contribution in [-0.4, -0.2) is 54.1 Å². The first kappa shape index (κ1) is 23.9. The van der Waals surface area contributed by atoms with Crippen molar-refractivity contribution in [1.82, 2.24) is 9.62 Å². The molecule has 172 valence electrons. The molecule has 0 bridgehead atoms. The Labute approximate surface area is 188 Å². The molecule has 1 saturated heterocycles. The molecule has 1 aliphatic heterocycles. The number of benzene rings is 2. The smallest absolute Gasteiger partial charge is 0.284 e. The molecule has 1 fully saturated rings. The third kappa shape index (κ3) is 5.93. The Hall–Kier alpha value is -2.76. The normalized spacial score (nSPS) is 15.8. The Kier molecular flexibility index (Phi) is 7.32. The Bertz CT molecular complexity index is 1220. The van der Waals surface area contributed by atoms with Gasteiger partial charge in [0.25, 0.3) is 10.0 Å². The Morgan fingerprint density at radius 1 is 1.06 bits per heavy atom. The maximum atomic E-state index is 12.6. The van der Waals surface area contributed by atoms with Gasteiger partial charge in [-0.3, -0.25) is 4.79 Å². The van der Waals surface area contributed by atoms with Gasteiger partial charge in [0.15, 0.2) is 0 Å². The fourth-order valence-corrected chi connectivity index (χ4v) is 5.14. The number of nitrogens with zero attached hydrogens (tertiary/aromatic N) is 2. The minimum absolute atomic E-state index is 0.0180.